The van der Waals surface area contributed by atoms with Crippen LogP contribution >= 0.6 is 0 Å². The minimum absolute atomic E-state index is 0.308. The van der Waals surface area contributed by atoms with Gasteiger partial charge in [-0.1, -0.05) is 30.3 Å². The number of anilines is 1. The van der Waals surface area contributed by atoms with Crippen molar-refractivity contribution in [2.45, 2.75) is 0 Å². The second-order valence-electron chi connectivity index (χ2n) is 8.19. The summed E-state index contributed by atoms with van der Waals surface area (Å²) in [7, 11) is 0. The van der Waals surface area contributed by atoms with Crippen LogP contribution < -0.4 is 10.9 Å². The molecule has 7 nitrogen and oxygen atoms in total. The van der Waals surface area contributed by atoms with Crippen molar-refractivity contribution in [3.63, 3.8) is 0 Å². The van der Waals surface area contributed by atoms with E-state index in [1.165, 1.54) is 16.9 Å². The first-order valence-corrected chi connectivity index (χ1v) is 11.1. The van der Waals surface area contributed by atoms with E-state index in [-0.39, 0.29) is 11.7 Å². The van der Waals surface area contributed by atoms with Crippen LogP contribution in [0.2, 0.25) is 0 Å². The van der Waals surface area contributed by atoms with Crippen molar-refractivity contribution in [3.8, 4) is 16.8 Å². The summed E-state index contributed by atoms with van der Waals surface area (Å²) in [4.78, 5) is 26.7. The highest BCUT2D eigenvalue weighted by molar-refractivity contribution is 6.05. The number of hydrogen-bond acceptors (Lipinski definition) is 5. The zero-order valence-electron chi connectivity index (χ0n) is 18.7. The van der Waals surface area contributed by atoms with Crippen molar-refractivity contribution < 1.29 is 13.6 Å². The molecule has 1 N–H and O–H groups in total. The summed E-state index contributed by atoms with van der Waals surface area (Å²) in [5.41, 5.74) is 3.99. The minimum atomic E-state index is -0.437. The van der Waals surface area contributed by atoms with Gasteiger partial charge in [-0.05, 0) is 72.3 Å². The number of aromatic nitrogens is 3. The van der Waals surface area contributed by atoms with E-state index in [1.807, 2.05) is 18.2 Å². The monoisotopic (exact) mass is 476 g/mol. The highest BCUT2D eigenvalue weighted by Gasteiger charge is 2.12. The maximum absolute atomic E-state index is 13.2. The predicted molar refractivity (Wildman–Crippen MR) is 135 cm³/mol. The van der Waals surface area contributed by atoms with Crippen molar-refractivity contribution in [2.75, 3.05) is 5.32 Å². The Hall–Kier alpha value is -5.11. The van der Waals surface area contributed by atoms with E-state index in [0.29, 0.717) is 44.7 Å². The lowest BCUT2D eigenvalue weighted by Gasteiger charge is -2.07. The van der Waals surface area contributed by atoms with E-state index in [4.69, 9.17) is 4.42 Å². The van der Waals surface area contributed by atoms with Gasteiger partial charge < -0.3 is 9.73 Å². The molecule has 0 spiro atoms. The van der Waals surface area contributed by atoms with Crippen LogP contribution in [0, 0.1) is 5.82 Å². The van der Waals surface area contributed by atoms with Gasteiger partial charge in [0, 0.05) is 16.6 Å². The molecule has 0 saturated carbocycles. The molecule has 0 bridgehead atoms. The number of fused-ring (bicyclic) bond motifs is 2. The number of amides is 1. The van der Waals surface area contributed by atoms with Gasteiger partial charge in [-0.3, -0.25) is 4.79 Å². The Morgan fingerprint density at radius 3 is 2.39 bits per heavy atom. The Morgan fingerprint density at radius 2 is 1.58 bits per heavy atom. The Balaban J connectivity index is 1.22. The largest absolute Gasteiger partial charge is 0.422 e. The second kappa shape index (κ2) is 8.59. The van der Waals surface area contributed by atoms with Crippen molar-refractivity contribution in [1.82, 2.24) is 15.0 Å². The van der Waals surface area contributed by atoms with E-state index in [1.54, 1.807) is 66.7 Å². The lowest BCUT2D eigenvalue weighted by Crippen LogP contribution is -2.11. The maximum Gasteiger partial charge on any atom is 0.344 e. The second-order valence-corrected chi connectivity index (χ2v) is 8.19. The van der Waals surface area contributed by atoms with Gasteiger partial charge in [0.25, 0.3) is 5.91 Å². The molecule has 0 aliphatic rings. The van der Waals surface area contributed by atoms with Crippen LogP contribution in [0.5, 0.6) is 0 Å². The molecule has 2 heterocycles. The van der Waals surface area contributed by atoms with Crippen molar-refractivity contribution in [3.05, 3.63) is 119 Å². The highest BCUT2D eigenvalue weighted by atomic mass is 19.1. The van der Waals surface area contributed by atoms with Gasteiger partial charge in [0.15, 0.2) is 0 Å². The van der Waals surface area contributed by atoms with Gasteiger partial charge in [0.2, 0.25) is 0 Å². The van der Waals surface area contributed by atoms with Crippen LogP contribution in [0.1, 0.15) is 10.4 Å². The van der Waals surface area contributed by atoms with Crippen molar-refractivity contribution >= 4 is 33.6 Å². The number of benzene rings is 4. The molecule has 0 unspecified atom stereocenters. The van der Waals surface area contributed by atoms with Crippen LogP contribution in [0.25, 0.3) is 38.8 Å². The number of nitrogens with zero attached hydrogens (tertiary/aromatic N) is 3. The Kier molecular flexibility index (Phi) is 5.11. The van der Waals surface area contributed by atoms with Crippen molar-refractivity contribution in [2.24, 2.45) is 0 Å². The summed E-state index contributed by atoms with van der Waals surface area (Å²) in [6.45, 7) is 0. The van der Waals surface area contributed by atoms with Crippen LogP contribution in [0.3, 0.4) is 0 Å². The number of nitrogens with one attached hydrogen (secondary N) is 1. The molecule has 0 fully saturated rings. The standard InChI is InChI=1S/C28H17FN4O3/c29-20-9-12-22(13-10-20)33-31-24-14-11-21(16-25(24)32-33)30-27(34)18-7-5-17(6-8-18)23-15-19-3-1-2-4-26(19)36-28(23)35/h1-16H,(H,30,34). The first-order chi connectivity index (χ1) is 17.5. The first-order valence-electron chi connectivity index (χ1n) is 11.1. The molecular weight excluding hydrogens is 459 g/mol. The van der Waals surface area contributed by atoms with Crippen molar-refractivity contribution in [1.29, 1.82) is 0 Å². The summed E-state index contributed by atoms with van der Waals surface area (Å²) in [5, 5.41) is 12.5. The molecule has 0 aliphatic heterocycles. The minimum Gasteiger partial charge on any atom is -0.422 e. The topological polar surface area (TPSA) is 90.0 Å². The highest BCUT2D eigenvalue weighted by Crippen LogP contribution is 2.23. The smallest absolute Gasteiger partial charge is 0.344 e. The van der Waals surface area contributed by atoms with E-state index in [0.717, 1.165) is 5.39 Å². The first kappa shape index (κ1) is 21.4. The third-order valence-corrected chi connectivity index (χ3v) is 5.80. The van der Waals surface area contributed by atoms with Gasteiger partial charge in [-0.2, -0.15) is 4.80 Å². The lowest BCUT2D eigenvalue weighted by molar-refractivity contribution is 0.102. The molecule has 36 heavy (non-hydrogen) atoms. The van der Waals surface area contributed by atoms with E-state index >= 15 is 0 Å². The fourth-order valence-electron chi connectivity index (χ4n) is 3.95. The molecule has 0 atom stereocenters. The SMILES string of the molecule is O=C(Nc1ccc2nn(-c3ccc(F)cc3)nc2c1)c1ccc(-c2cc3ccccc3oc2=O)cc1. The van der Waals surface area contributed by atoms with Gasteiger partial charge in [0.1, 0.15) is 22.4 Å². The van der Waals surface area contributed by atoms with Crippen LogP contribution in [0.4, 0.5) is 10.1 Å². The summed E-state index contributed by atoms with van der Waals surface area (Å²) >= 11 is 0. The Labute approximate surface area is 203 Å². The third kappa shape index (κ3) is 4.01. The fourth-order valence-corrected chi connectivity index (χ4v) is 3.95. The molecule has 0 radical (unpaired) electrons. The van der Waals surface area contributed by atoms with Crippen LogP contribution in [-0.2, 0) is 0 Å². The molecule has 8 heteroatoms. The number of rotatable bonds is 4. The van der Waals surface area contributed by atoms with Crippen LogP contribution in [0.15, 0.2) is 106 Å². The molecule has 4 aromatic carbocycles. The molecule has 6 aromatic rings. The van der Waals surface area contributed by atoms with Gasteiger partial charge in [-0.25, -0.2) is 9.18 Å². The molecule has 174 valence electrons. The molecular formula is C28H17FN4O3. The van der Waals surface area contributed by atoms with Gasteiger partial charge in [0.05, 0.1) is 11.3 Å². The molecule has 6 rings (SSSR count). The zero-order valence-corrected chi connectivity index (χ0v) is 18.7. The molecule has 0 aliphatic carbocycles. The van der Waals surface area contributed by atoms with E-state index in [2.05, 4.69) is 15.5 Å². The number of carbonyl (C=O) groups excluding carboxylic acids is 1. The van der Waals surface area contributed by atoms with Gasteiger partial charge >= 0.3 is 5.63 Å². The summed E-state index contributed by atoms with van der Waals surface area (Å²) in [5.74, 6) is -0.647. The third-order valence-electron chi connectivity index (χ3n) is 5.80. The summed E-state index contributed by atoms with van der Waals surface area (Å²) in [6, 6.07) is 26.9. The Bertz CT molecular complexity index is 1810. The van der Waals surface area contributed by atoms with E-state index < -0.39 is 5.63 Å². The average Bonchev–Trinajstić information content (AvgIpc) is 3.32. The van der Waals surface area contributed by atoms with Crippen LogP contribution in [-0.4, -0.2) is 20.9 Å². The van der Waals surface area contributed by atoms with Gasteiger partial charge in [-0.15, -0.1) is 10.2 Å². The summed E-state index contributed by atoms with van der Waals surface area (Å²) in [6.07, 6.45) is 0. The number of carbonyl (C=O) groups is 1. The fraction of sp³-hybridized carbons (Fsp3) is 0. The lowest BCUT2D eigenvalue weighted by atomic mass is 10.0. The maximum atomic E-state index is 13.2. The molecule has 0 saturated heterocycles. The normalized spacial score (nSPS) is 11.1. The quantitative estimate of drug-likeness (QED) is 0.335. The number of para-hydroxylation sites is 1. The molecule has 1 amide bonds. The predicted octanol–water partition coefficient (Wildman–Crippen LogP) is 5.59. The molecule has 2 aromatic heterocycles. The number of halogens is 1. The number of hydrogen-bond donors (Lipinski definition) is 1. The average molecular weight is 476 g/mol. The van der Waals surface area contributed by atoms with E-state index in [9.17, 15) is 14.0 Å². The zero-order chi connectivity index (χ0) is 24.6. The summed E-state index contributed by atoms with van der Waals surface area (Å²) < 4.78 is 18.6. The Morgan fingerprint density at radius 1 is 0.833 bits per heavy atom.